The van der Waals surface area contributed by atoms with E-state index in [1.54, 1.807) is 18.2 Å². The average Bonchev–Trinajstić information content (AvgIpc) is 3.22. The SMILES string of the molecule is C=C1NN=C(C(C(C)c2c(F)ccc(C)c2C)N2CN(CC3CCC3)c3cc(Cl)ccc3S2(=C)=O)O1. The third-order valence-electron chi connectivity index (χ3n) is 7.74. The Balaban J connectivity index is 1.64. The number of aryl methyl sites for hydroxylation is 1. The molecule has 0 saturated heterocycles. The van der Waals surface area contributed by atoms with Gasteiger partial charge in [0.25, 0.3) is 0 Å². The zero-order chi connectivity index (χ0) is 25.8. The number of halogens is 2. The second-order valence-corrected chi connectivity index (χ2v) is 12.7. The van der Waals surface area contributed by atoms with Gasteiger partial charge in [0.1, 0.15) is 11.9 Å². The molecule has 3 atom stereocenters. The van der Waals surface area contributed by atoms with E-state index >= 15 is 4.39 Å². The van der Waals surface area contributed by atoms with Crippen LogP contribution in [0.5, 0.6) is 0 Å². The van der Waals surface area contributed by atoms with Gasteiger partial charge in [-0.15, -0.1) is 5.10 Å². The number of nitrogens with zero attached hydrogens (tertiary/aromatic N) is 3. The van der Waals surface area contributed by atoms with E-state index in [1.165, 1.54) is 25.3 Å². The third kappa shape index (κ3) is 4.29. The zero-order valence-corrected chi connectivity index (χ0v) is 22.5. The van der Waals surface area contributed by atoms with Crippen molar-refractivity contribution in [2.24, 2.45) is 11.0 Å². The fraction of sp³-hybridized carbons (Fsp3) is 0.407. The lowest BCUT2D eigenvalue weighted by Gasteiger charge is -2.46. The molecule has 3 unspecified atom stereocenters. The molecule has 0 aromatic heterocycles. The number of hydrazone groups is 1. The van der Waals surface area contributed by atoms with Gasteiger partial charge in [0.05, 0.1) is 27.0 Å². The van der Waals surface area contributed by atoms with E-state index in [4.69, 9.17) is 16.3 Å². The molecule has 0 radical (unpaired) electrons. The molecule has 2 aromatic rings. The minimum atomic E-state index is -3.01. The lowest BCUT2D eigenvalue weighted by Crippen LogP contribution is -2.56. The van der Waals surface area contributed by atoms with Crippen LogP contribution in [0.15, 0.2) is 52.8 Å². The van der Waals surface area contributed by atoms with Crippen molar-refractivity contribution >= 4 is 38.8 Å². The van der Waals surface area contributed by atoms with Crippen molar-refractivity contribution in [2.45, 2.75) is 56.9 Å². The summed E-state index contributed by atoms with van der Waals surface area (Å²) in [5.74, 6) is 4.59. The molecule has 0 amide bonds. The maximum absolute atomic E-state index is 15.3. The van der Waals surface area contributed by atoms with Crippen molar-refractivity contribution < 1.29 is 13.3 Å². The van der Waals surface area contributed by atoms with Gasteiger partial charge in [-0.25, -0.2) is 14.0 Å². The molecule has 6 nitrogen and oxygen atoms in total. The van der Waals surface area contributed by atoms with Crippen LogP contribution in [-0.2, 0) is 14.4 Å². The molecule has 1 aliphatic carbocycles. The van der Waals surface area contributed by atoms with Gasteiger partial charge in [-0.05, 0) is 86.0 Å². The minimum absolute atomic E-state index is 0.273. The monoisotopic (exact) mass is 530 g/mol. The summed E-state index contributed by atoms with van der Waals surface area (Å²) < 4.78 is 37.5. The number of benzene rings is 2. The highest BCUT2D eigenvalue weighted by Crippen LogP contribution is 2.42. The van der Waals surface area contributed by atoms with Gasteiger partial charge in [-0.2, -0.15) is 4.31 Å². The molecule has 1 saturated carbocycles. The summed E-state index contributed by atoms with van der Waals surface area (Å²) in [4.78, 5) is 2.83. The molecule has 36 heavy (non-hydrogen) atoms. The first-order valence-corrected chi connectivity index (χ1v) is 14.3. The summed E-state index contributed by atoms with van der Waals surface area (Å²) in [6, 6.07) is 8.00. The largest absolute Gasteiger partial charge is 0.422 e. The van der Waals surface area contributed by atoms with Crippen molar-refractivity contribution in [1.29, 1.82) is 0 Å². The topological polar surface area (TPSA) is 57.2 Å². The van der Waals surface area contributed by atoms with Crippen LogP contribution in [0.4, 0.5) is 10.1 Å². The normalized spacial score (nSPS) is 23.9. The molecule has 2 heterocycles. The Morgan fingerprint density at radius 3 is 2.69 bits per heavy atom. The van der Waals surface area contributed by atoms with Gasteiger partial charge < -0.3 is 9.64 Å². The molecular weight excluding hydrogens is 499 g/mol. The Labute approximate surface area is 217 Å². The Morgan fingerprint density at radius 2 is 2.06 bits per heavy atom. The molecule has 9 heteroatoms. The predicted molar refractivity (Wildman–Crippen MR) is 145 cm³/mol. The molecule has 0 bridgehead atoms. The van der Waals surface area contributed by atoms with Crippen LogP contribution in [0.3, 0.4) is 0 Å². The number of fused-ring (bicyclic) bond motifs is 1. The standard InChI is InChI=1S/C27H32ClFN4O2S/c1-16-9-11-22(29)25(17(16)2)18(3)26(27-31-30-19(4)35-27)33-15-32(14-20-7-6-8-20)23-13-21(28)10-12-24(23)36(33,5)34/h9-13,18,20,26,30H,4-8,14-15H2,1-3H3. The van der Waals surface area contributed by atoms with Crippen LogP contribution >= 0.6 is 11.6 Å². The molecule has 1 N–H and O–H groups in total. The second kappa shape index (κ2) is 9.39. The quantitative estimate of drug-likeness (QED) is 0.498. The van der Waals surface area contributed by atoms with E-state index in [-0.39, 0.29) is 11.7 Å². The molecular formula is C27H32ClFN4O2S. The summed E-state index contributed by atoms with van der Waals surface area (Å²) in [6.07, 6.45) is 3.55. The predicted octanol–water partition coefficient (Wildman–Crippen LogP) is 5.54. The van der Waals surface area contributed by atoms with Crippen LogP contribution in [-0.4, -0.2) is 39.5 Å². The summed E-state index contributed by atoms with van der Waals surface area (Å²) >= 11 is 6.37. The van der Waals surface area contributed by atoms with Crippen LogP contribution in [0.1, 0.15) is 48.8 Å². The van der Waals surface area contributed by atoms with Crippen LogP contribution in [0.25, 0.3) is 0 Å². The third-order valence-corrected chi connectivity index (χ3v) is 10.1. The van der Waals surface area contributed by atoms with Crippen molar-refractivity contribution in [3.8, 4) is 0 Å². The highest BCUT2D eigenvalue weighted by molar-refractivity contribution is 7.98. The molecule has 2 aliphatic heterocycles. The highest BCUT2D eigenvalue weighted by Gasteiger charge is 2.44. The molecule has 3 aliphatic rings. The second-order valence-electron chi connectivity index (χ2n) is 10.1. The highest BCUT2D eigenvalue weighted by atomic mass is 35.5. The number of rotatable bonds is 6. The summed E-state index contributed by atoms with van der Waals surface area (Å²) in [5.41, 5.74) is 5.98. The Hall–Kier alpha value is -2.55. The zero-order valence-electron chi connectivity index (χ0n) is 20.9. The fourth-order valence-electron chi connectivity index (χ4n) is 5.41. The maximum atomic E-state index is 15.3. The molecule has 0 spiro atoms. The van der Waals surface area contributed by atoms with Crippen molar-refractivity contribution in [2.75, 3.05) is 18.1 Å². The number of ether oxygens (including phenoxy) is 1. The van der Waals surface area contributed by atoms with E-state index in [1.807, 2.05) is 31.1 Å². The van der Waals surface area contributed by atoms with E-state index in [0.29, 0.717) is 34.0 Å². The lowest BCUT2D eigenvalue weighted by atomic mass is 9.85. The van der Waals surface area contributed by atoms with E-state index in [2.05, 4.69) is 27.9 Å². The van der Waals surface area contributed by atoms with Gasteiger partial charge in [0, 0.05) is 17.5 Å². The van der Waals surface area contributed by atoms with Crippen molar-refractivity contribution in [3.63, 3.8) is 0 Å². The Bertz CT molecular complexity index is 1360. The van der Waals surface area contributed by atoms with Crippen LogP contribution in [0, 0.1) is 25.6 Å². The molecule has 1 fully saturated rings. The van der Waals surface area contributed by atoms with E-state index in [0.717, 1.165) is 23.4 Å². The number of hydrogen-bond acceptors (Lipinski definition) is 5. The van der Waals surface area contributed by atoms with E-state index in [9.17, 15) is 4.21 Å². The van der Waals surface area contributed by atoms with Crippen LogP contribution in [0.2, 0.25) is 5.02 Å². The van der Waals surface area contributed by atoms with Gasteiger partial charge >= 0.3 is 0 Å². The molecule has 192 valence electrons. The summed E-state index contributed by atoms with van der Waals surface area (Å²) in [6.45, 7) is 10.7. The van der Waals surface area contributed by atoms with Crippen molar-refractivity contribution in [1.82, 2.24) is 9.73 Å². The number of hydrogen-bond donors (Lipinski definition) is 1. The van der Waals surface area contributed by atoms with Gasteiger partial charge in [0.2, 0.25) is 11.8 Å². The van der Waals surface area contributed by atoms with Crippen molar-refractivity contribution in [3.05, 3.63) is 70.3 Å². The summed E-state index contributed by atoms with van der Waals surface area (Å²) in [7, 11) is -3.01. The first-order valence-electron chi connectivity index (χ1n) is 12.2. The van der Waals surface area contributed by atoms with Crippen LogP contribution < -0.4 is 10.3 Å². The first-order chi connectivity index (χ1) is 17.1. The Kier molecular flexibility index (Phi) is 6.55. The smallest absolute Gasteiger partial charge is 0.233 e. The van der Waals surface area contributed by atoms with Gasteiger partial charge in [-0.1, -0.05) is 31.0 Å². The van der Waals surface area contributed by atoms with E-state index < -0.39 is 21.7 Å². The summed E-state index contributed by atoms with van der Waals surface area (Å²) in [5, 5.41) is 4.94. The average molecular weight is 531 g/mol. The number of nitrogens with one attached hydrogen (secondary N) is 1. The minimum Gasteiger partial charge on any atom is -0.422 e. The number of anilines is 1. The first kappa shape index (κ1) is 25.1. The Morgan fingerprint density at radius 1 is 1.31 bits per heavy atom. The fourth-order valence-corrected chi connectivity index (χ4v) is 7.59. The molecule has 2 aromatic carbocycles. The van der Waals surface area contributed by atoms with Gasteiger partial charge in [0.15, 0.2) is 0 Å². The molecule has 5 rings (SSSR count). The van der Waals surface area contributed by atoms with Gasteiger partial charge in [-0.3, -0.25) is 0 Å². The maximum Gasteiger partial charge on any atom is 0.233 e. The lowest BCUT2D eigenvalue weighted by molar-refractivity contribution is 0.276.